The summed E-state index contributed by atoms with van der Waals surface area (Å²) in [4.78, 5) is 13.5. The SMILES string of the molecule is COc1cc(OC)c(NC(=O)c2cnn(-c3cccc(Cl)c3C)c2C2CCNCC2)cc1Cl. The number of rotatable bonds is 6. The summed E-state index contributed by atoms with van der Waals surface area (Å²) in [6, 6.07) is 8.97. The summed E-state index contributed by atoms with van der Waals surface area (Å²) in [5.74, 6) is 0.806. The Hall–Kier alpha value is -2.74. The van der Waals surface area contributed by atoms with Crippen molar-refractivity contribution in [1.29, 1.82) is 0 Å². The van der Waals surface area contributed by atoms with Crippen LogP contribution in [0.3, 0.4) is 0 Å². The molecule has 0 unspecified atom stereocenters. The average molecular weight is 489 g/mol. The van der Waals surface area contributed by atoms with Gasteiger partial charge in [-0.25, -0.2) is 4.68 Å². The Morgan fingerprint density at radius 3 is 2.55 bits per heavy atom. The molecule has 7 nitrogen and oxygen atoms in total. The molecule has 1 saturated heterocycles. The fraction of sp³-hybridized carbons (Fsp3) is 0.333. The predicted octanol–water partition coefficient (Wildman–Crippen LogP) is 5.22. The monoisotopic (exact) mass is 488 g/mol. The van der Waals surface area contributed by atoms with Crippen LogP contribution in [0.1, 0.15) is 40.4 Å². The van der Waals surface area contributed by atoms with E-state index in [4.69, 9.17) is 32.7 Å². The van der Waals surface area contributed by atoms with Crippen molar-refractivity contribution < 1.29 is 14.3 Å². The lowest BCUT2D eigenvalue weighted by atomic mass is 9.91. The minimum atomic E-state index is -0.283. The van der Waals surface area contributed by atoms with Crippen LogP contribution < -0.4 is 20.1 Å². The molecular formula is C24H26Cl2N4O3. The van der Waals surface area contributed by atoms with Crippen LogP contribution in [0.25, 0.3) is 5.69 Å². The van der Waals surface area contributed by atoms with Crippen LogP contribution in [0.5, 0.6) is 11.5 Å². The number of piperidine rings is 1. The standard InChI is InChI=1S/C24H26Cl2N4O3/c1-14-17(25)5-4-6-20(14)30-23(15-7-9-27-10-8-15)16(13-28-30)24(31)29-19-11-18(26)21(32-2)12-22(19)33-3/h4-6,11-13,15,27H,7-10H2,1-3H3,(H,29,31). The van der Waals surface area contributed by atoms with Gasteiger partial charge in [-0.1, -0.05) is 29.3 Å². The van der Waals surface area contributed by atoms with Crippen molar-refractivity contribution in [3.05, 3.63) is 63.4 Å². The molecular weight excluding hydrogens is 463 g/mol. The van der Waals surface area contributed by atoms with E-state index in [0.717, 1.165) is 42.9 Å². The number of hydrogen-bond donors (Lipinski definition) is 2. The van der Waals surface area contributed by atoms with Gasteiger partial charge in [0.1, 0.15) is 11.5 Å². The quantitative estimate of drug-likeness (QED) is 0.496. The molecule has 0 atom stereocenters. The van der Waals surface area contributed by atoms with Crippen LogP contribution in [0.4, 0.5) is 5.69 Å². The van der Waals surface area contributed by atoms with Gasteiger partial charge in [0.25, 0.3) is 5.91 Å². The summed E-state index contributed by atoms with van der Waals surface area (Å²) < 4.78 is 12.5. The molecule has 2 aromatic carbocycles. The molecule has 0 aliphatic carbocycles. The topological polar surface area (TPSA) is 77.4 Å². The van der Waals surface area contributed by atoms with Gasteiger partial charge >= 0.3 is 0 Å². The molecule has 0 radical (unpaired) electrons. The lowest BCUT2D eigenvalue weighted by molar-refractivity contribution is 0.102. The Kier molecular flexibility index (Phi) is 7.12. The normalized spacial score (nSPS) is 14.2. The number of carbonyl (C=O) groups is 1. The highest BCUT2D eigenvalue weighted by Crippen LogP contribution is 2.37. The van der Waals surface area contributed by atoms with Crippen LogP contribution in [0.2, 0.25) is 10.0 Å². The third-order valence-electron chi connectivity index (χ3n) is 5.97. The van der Waals surface area contributed by atoms with Crippen LogP contribution >= 0.6 is 23.2 Å². The van der Waals surface area contributed by atoms with Gasteiger partial charge < -0.3 is 20.1 Å². The highest BCUT2D eigenvalue weighted by atomic mass is 35.5. The van der Waals surface area contributed by atoms with Gasteiger partial charge in [0.2, 0.25) is 0 Å². The van der Waals surface area contributed by atoms with Crippen molar-refractivity contribution in [3.8, 4) is 17.2 Å². The average Bonchev–Trinajstić information content (AvgIpc) is 3.26. The van der Waals surface area contributed by atoms with Crippen LogP contribution in [0, 0.1) is 6.92 Å². The summed E-state index contributed by atoms with van der Waals surface area (Å²) in [6.45, 7) is 3.72. The van der Waals surface area contributed by atoms with Crippen molar-refractivity contribution in [3.63, 3.8) is 0 Å². The fourth-order valence-corrected chi connectivity index (χ4v) is 4.60. The van der Waals surface area contributed by atoms with Gasteiger partial charge in [-0.05, 0) is 56.6 Å². The van der Waals surface area contributed by atoms with E-state index in [0.29, 0.717) is 32.8 Å². The maximum Gasteiger partial charge on any atom is 0.259 e. The third kappa shape index (κ3) is 4.67. The molecule has 1 aliphatic rings. The summed E-state index contributed by atoms with van der Waals surface area (Å²) in [7, 11) is 3.05. The molecule has 3 aromatic rings. The predicted molar refractivity (Wildman–Crippen MR) is 131 cm³/mol. The van der Waals surface area contributed by atoms with Crippen LogP contribution in [-0.2, 0) is 0 Å². The summed E-state index contributed by atoms with van der Waals surface area (Å²) in [5.41, 5.74) is 3.61. The molecule has 9 heteroatoms. The van der Waals surface area contributed by atoms with E-state index in [1.807, 2.05) is 29.8 Å². The zero-order valence-corrected chi connectivity index (χ0v) is 20.3. The van der Waals surface area contributed by atoms with Crippen molar-refractivity contribution in [2.75, 3.05) is 32.6 Å². The number of ether oxygens (including phenoxy) is 2. The molecule has 0 saturated carbocycles. The van der Waals surface area contributed by atoms with Gasteiger partial charge in [-0.15, -0.1) is 0 Å². The van der Waals surface area contributed by atoms with Gasteiger partial charge in [0.15, 0.2) is 0 Å². The second kappa shape index (κ2) is 10.0. The maximum atomic E-state index is 13.5. The number of amides is 1. The molecule has 1 aromatic heterocycles. The Balaban J connectivity index is 1.76. The van der Waals surface area contributed by atoms with Crippen molar-refractivity contribution in [2.24, 2.45) is 0 Å². The van der Waals surface area contributed by atoms with E-state index in [1.165, 1.54) is 14.2 Å². The smallest absolute Gasteiger partial charge is 0.259 e. The van der Waals surface area contributed by atoms with Crippen molar-refractivity contribution >= 4 is 34.8 Å². The molecule has 1 fully saturated rings. The van der Waals surface area contributed by atoms with Crippen LogP contribution in [0.15, 0.2) is 36.5 Å². The van der Waals surface area contributed by atoms with E-state index >= 15 is 0 Å². The van der Waals surface area contributed by atoms with E-state index in [1.54, 1.807) is 18.3 Å². The summed E-state index contributed by atoms with van der Waals surface area (Å²) in [5, 5.41) is 12.0. The van der Waals surface area contributed by atoms with Crippen LogP contribution in [-0.4, -0.2) is 43.0 Å². The second-order valence-electron chi connectivity index (χ2n) is 7.90. The molecule has 4 rings (SSSR count). The Labute approximate surface area is 203 Å². The van der Waals surface area contributed by atoms with E-state index in [-0.39, 0.29) is 11.8 Å². The van der Waals surface area contributed by atoms with Gasteiger partial charge in [0.05, 0.1) is 48.1 Å². The summed E-state index contributed by atoms with van der Waals surface area (Å²) in [6.07, 6.45) is 3.43. The molecule has 0 spiro atoms. The second-order valence-corrected chi connectivity index (χ2v) is 8.72. The molecule has 2 N–H and O–H groups in total. The number of nitrogens with zero attached hydrogens (tertiary/aromatic N) is 2. The molecule has 2 heterocycles. The van der Waals surface area contributed by atoms with E-state index in [9.17, 15) is 4.79 Å². The lowest BCUT2D eigenvalue weighted by Crippen LogP contribution is -2.29. The van der Waals surface area contributed by atoms with E-state index < -0.39 is 0 Å². The van der Waals surface area contributed by atoms with Crippen molar-refractivity contribution in [1.82, 2.24) is 15.1 Å². The molecule has 1 amide bonds. The number of methoxy groups -OCH3 is 2. The van der Waals surface area contributed by atoms with E-state index in [2.05, 4.69) is 15.7 Å². The molecule has 33 heavy (non-hydrogen) atoms. The lowest BCUT2D eigenvalue weighted by Gasteiger charge is -2.25. The first-order valence-corrected chi connectivity index (χ1v) is 11.5. The highest BCUT2D eigenvalue weighted by molar-refractivity contribution is 6.32. The first-order chi connectivity index (χ1) is 15.9. The molecule has 0 bridgehead atoms. The first kappa shape index (κ1) is 23.4. The Morgan fingerprint density at radius 2 is 1.85 bits per heavy atom. The first-order valence-electron chi connectivity index (χ1n) is 10.7. The molecule has 174 valence electrons. The Morgan fingerprint density at radius 1 is 1.12 bits per heavy atom. The number of nitrogens with one attached hydrogen (secondary N) is 2. The number of halogens is 2. The molecule has 1 aliphatic heterocycles. The van der Waals surface area contributed by atoms with Gasteiger partial charge in [-0.2, -0.15) is 5.10 Å². The van der Waals surface area contributed by atoms with Crippen molar-refractivity contribution in [2.45, 2.75) is 25.7 Å². The number of hydrogen-bond acceptors (Lipinski definition) is 5. The third-order valence-corrected chi connectivity index (χ3v) is 6.67. The summed E-state index contributed by atoms with van der Waals surface area (Å²) >= 11 is 12.7. The highest BCUT2D eigenvalue weighted by Gasteiger charge is 2.28. The fourth-order valence-electron chi connectivity index (χ4n) is 4.19. The zero-order valence-electron chi connectivity index (χ0n) is 18.7. The minimum absolute atomic E-state index is 0.175. The number of aromatic nitrogens is 2. The number of anilines is 1. The zero-order chi connectivity index (χ0) is 23.5. The van der Waals surface area contributed by atoms with Gasteiger partial charge in [-0.3, -0.25) is 4.79 Å². The number of carbonyl (C=O) groups excluding carboxylic acids is 1. The largest absolute Gasteiger partial charge is 0.495 e. The Bertz CT molecular complexity index is 1170. The maximum absolute atomic E-state index is 13.5. The minimum Gasteiger partial charge on any atom is -0.495 e. The van der Waals surface area contributed by atoms with Gasteiger partial charge in [0, 0.05) is 17.0 Å². The number of benzene rings is 2.